The van der Waals surface area contributed by atoms with Gasteiger partial charge in [-0.1, -0.05) is 29.8 Å². The van der Waals surface area contributed by atoms with E-state index in [-0.39, 0.29) is 30.7 Å². The van der Waals surface area contributed by atoms with E-state index in [1.54, 1.807) is 24.3 Å². The summed E-state index contributed by atoms with van der Waals surface area (Å²) in [6, 6.07) is 12.9. The van der Waals surface area contributed by atoms with Gasteiger partial charge in [0.25, 0.3) is 5.91 Å². The van der Waals surface area contributed by atoms with Gasteiger partial charge in [0.15, 0.2) is 6.61 Å². The normalized spacial score (nSPS) is 17.5. The van der Waals surface area contributed by atoms with Gasteiger partial charge >= 0.3 is 0 Å². The highest BCUT2D eigenvalue weighted by Gasteiger charge is 2.34. The maximum Gasteiger partial charge on any atom is 0.258 e. The fourth-order valence-corrected chi connectivity index (χ4v) is 3.94. The van der Waals surface area contributed by atoms with Crippen molar-refractivity contribution in [2.75, 3.05) is 19.9 Å². The molecular weight excluding hydrogens is 416 g/mol. The minimum absolute atomic E-state index is 0.110. The van der Waals surface area contributed by atoms with Crippen LogP contribution >= 0.6 is 0 Å². The maximum absolute atomic E-state index is 12.6. The fourth-order valence-electron chi connectivity index (χ4n) is 3.55. The Hall–Kier alpha value is -2.58. The minimum Gasteiger partial charge on any atom is -0.487 e. The standard InChI is InChI=1S/C23H30N2O5S/c1-16-6-11-21-19(12-16)20(13-23(2,3)30-21)24-22(26)15-29-18-9-7-17(8-10-18)14-25(4)31(5,27)28/h6-12,20H,13-15H2,1-5H3,(H,24,26). The lowest BCUT2D eigenvalue weighted by Crippen LogP contribution is -2.42. The van der Waals surface area contributed by atoms with Crippen LogP contribution in [0.3, 0.4) is 0 Å². The lowest BCUT2D eigenvalue weighted by Gasteiger charge is -2.38. The van der Waals surface area contributed by atoms with Crippen LogP contribution in [0.25, 0.3) is 0 Å². The molecule has 1 heterocycles. The van der Waals surface area contributed by atoms with E-state index >= 15 is 0 Å². The largest absolute Gasteiger partial charge is 0.487 e. The van der Waals surface area contributed by atoms with Gasteiger partial charge in [0.1, 0.15) is 17.1 Å². The van der Waals surface area contributed by atoms with Crippen molar-refractivity contribution in [1.82, 2.24) is 9.62 Å². The van der Waals surface area contributed by atoms with E-state index < -0.39 is 10.0 Å². The van der Waals surface area contributed by atoms with Crippen LogP contribution < -0.4 is 14.8 Å². The van der Waals surface area contributed by atoms with Crippen molar-refractivity contribution in [3.63, 3.8) is 0 Å². The van der Waals surface area contributed by atoms with Crippen molar-refractivity contribution in [3.8, 4) is 11.5 Å². The van der Waals surface area contributed by atoms with E-state index in [1.165, 1.54) is 17.6 Å². The molecule has 0 saturated carbocycles. The zero-order valence-corrected chi connectivity index (χ0v) is 19.5. The average Bonchev–Trinajstić information content (AvgIpc) is 2.66. The molecule has 0 spiro atoms. The highest BCUT2D eigenvalue weighted by molar-refractivity contribution is 7.88. The van der Waals surface area contributed by atoms with Crippen molar-refractivity contribution in [1.29, 1.82) is 0 Å². The summed E-state index contributed by atoms with van der Waals surface area (Å²) in [4.78, 5) is 12.6. The molecular formula is C23H30N2O5S. The molecule has 0 aliphatic carbocycles. The van der Waals surface area contributed by atoms with Crippen molar-refractivity contribution in [2.24, 2.45) is 0 Å². The van der Waals surface area contributed by atoms with Gasteiger partial charge in [-0.25, -0.2) is 12.7 Å². The molecule has 168 valence electrons. The van der Waals surface area contributed by atoms with Crippen LogP contribution in [0.2, 0.25) is 0 Å². The van der Waals surface area contributed by atoms with E-state index in [4.69, 9.17) is 9.47 Å². The van der Waals surface area contributed by atoms with E-state index in [1.807, 2.05) is 39.0 Å². The van der Waals surface area contributed by atoms with Crippen molar-refractivity contribution < 1.29 is 22.7 Å². The van der Waals surface area contributed by atoms with Crippen LogP contribution in [-0.4, -0.2) is 44.1 Å². The number of amides is 1. The van der Waals surface area contributed by atoms with Gasteiger partial charge in [-0.05, 0) is 44.5 Å². The van der Waals surface area contributed by atoms with Gasteiger partial charge in [-0.3, -0.25) is 4.79 Å². The summed E-state index contributed by atoms with van der Waals surface area (Å²) in [5, 5.41) is 3.06. The van der Waals surface area contributed by atoms with Gasteiger partial charge in [0.2, 0.25) is 10.0 Å². The van der Waals surface area contributed by atoms with Gasteiger partial charge < -0.3 is 14.8 Å². The molecule has 2 aromatic carbocycles. The number of nitrogens with one attached hydrogen (secondary N) is 1. The topological polar surface area (TPSA) is 84.9 Å². The highest BCUT2D eigenvalue weighted by Crippen LogP contribution is 2.39. The number of fused-ring (bicyclic) bond motifs is 1. The van der Waals surface area contributed by atoms with E-state index in [0.717, 1.165) is 22.4 Å². The van der Waals surface area contributed by atoms with E-state index in [9.17, 15) is 13.2 Å². The Balaban J connectivity index is 1.59. The second-order valence-corrected chi connectivity index (χ2v) is 10.8. The Bertz CT molecular complexity index is 1050. The van der Waals surface area contributed by atoms with Crippen LogP contribution in [-0.2, 0) is 21.4 Å². The van der Waals surface area contributed by atoms with E-state index in [0.29, 0.717) is 12.2 Å². The summed E-state index contributed by atoms with van der Waals surface area (Å²) in [5.41, 5.74) is 2.54. The molecule has 0 saturated heterocycles. The number of benzene rings is 2. The van der Waals surface area contributed by atoms with Gasteiger partial charge in [0.05, 0.1) is 12.3 Å². The summed E-state index contributed by atoms with van der Waals surface area (Å²) in [6.45, 7) is 6.20. The van der Waals surface area contributed by atoms with Gasteiger partial charge in [0, 0.05) is 25.6 Å². The lowest BCUT2D eigenvalue weighted by molar-refractivity contribution is -0.124. The Labute approximate surface area is 184 Å². The fraction of sp³-hybridized carbons (Fsp3) is 0.435. The molecule has 1 aliphatic rings. The zero-order valence-electron chi connectivity index (χ0n) is 18.6. The predicted molar refractivity (Wildman–Crippen MR) is 120 cm³/mol. The number of rotatable bonds is 7. The number of nitrogens with zero attached hydrogens (tertiary/aromatic N) is 1. The number of aryl methyl sites for hydroxylation is 1. The molecule has 31 heavy (non-hydrogen) atoms. The van der Waals surface area contributed by atoms with Gasteiger partial charge in [-0.15, -0.1) is 0 Å². The molecule has 1 atom stereocenters. The van der Waals surface area contributed by atoms with Crippen LogP contribution in [0.5, 0.6) is 11.5 Å². The Kier molecular flexibility index (Phi) is 6.62. The second-order valence-electron chi connectivity index (χ2n) is 8.68. The summed E-state index contributed by atoms with van der Waals surface area (Å²) >= 11 is 0. The first-order valence-corrected chi connectivity index (χ1v) is 12.0. The zero-order chi connectivity index (χ0) is 22.8. The molecule has 8 heteroatoms. The third kappa shape index (κ3) is 6.21. The Morgan fingerprint density at radius 1 is 1.23 bits per heavy atom. The quantitative estimate of drug-likeness (QED) is 0.706. The summed E-state index contributed by atoms with van der Waals surface area (Å²) in [5.74, 6) is 1.13. The van der Waals surface area contributed by atoms with Crippen LogP contribution in [0, 0.1) is 6.92 Å². The molecule has 1 unspecified atom stereocenters. The number of sulfonamides is 1. The summed E-state index contributed by atoms with van der Waals surface area (Å²) in [6.07, 6.45) is 1.83. The van der Waals surface area contributed by atoms with Crippen molar-refractivity contribution >= 4 is 15.9 Å². The molecule has 1 amide bonds. The van der Waals surface area contributed by atoms with Crippen molar-refractivity contribution in [2.45, 2.75) is 45.4 Å². The third-order valence-corrected chi connectivity index (χ3v) is 6.48. The number of hydrogen-bond acceptors (Lipinski definition) is 5. The monoisotopic (exact) mass is 446 g/mol. The van der Waals surface area contributed by atoms with Crippen LogP contribution in [0.1, 0.15) is 43.0 Å². The van der Waals surface area contributed by atoms with Crippen molar-refractivity contribution in [3.05, 3.63) is 59.2 Å². The number of carbonyl (C=O) groups excluding carboxylic acids is 1. The predicted octanol–water partition coefficient (Wildman–Crippen LogP) is 3.18. The first-order valence-electron chi connectivity index (χ1n) is 10.1. The average molecular weight is 447 g/mol. The molecule has 7 nitrogen and oxygen atoms in total. The lowest BCUT2D eigenvalue weighted by atomic mass is 9.89. The minimum atomic E-state index is -3.24. The van der Waals surface area contributed by atoms with Crippen LogP contribution in [0.15, 0.2) is 42.5 Å². The molecule has 1 N–H and O–H groups in total. The smallest absolute Gasteiger partial charge is 0.258 e. The first-order chi connectivity index (χ1) is 14.4. The first kappa shape index (κ1) is 23.1. The van der Waals surface area contributed by atoms with E-state index in [2.05, 4.69) is 5.32 Å². The second kappa shape index (κ2) is 8.88. The molecule has 0 radical (unpaired) electrons. The highest BCUT2D eigenvalue weighted by atomic mass is 32.2. The number of carbonyl (C=O) groups is 1. The molecule has 1 aliphatic heterocycles. The Morgan fingerprint density at radius 3 is 2.55 bits per heavy atom. The summed E-state index contributed by atoms with van der Waals surface area (Å²) in [7, 11) is -1.71. The molecule has 0 fully saturated rings. The van der Waals surface area contributed by atoms with Crippen LogP contribution in [0.4, 0.5) is 0 Å². The number of ether oxygens (including phenoxy) is 2. The third-order valence-electron chi connectivity index (χ3n) is 5.22. The molecule has 3 rings (SSSR count). The molecule has 2 aromatic rings. The maximum atomic E-state index is 12.6. The Morgan fingerprint density at radius 2 is 1.90 bits per heavy atom. The number of hydrogen-bond donors (Lipinski definition) is 1. The SMILES string of the molecule is Cc1ccc2c(c1)C(NC(=O)COc1ccc(CN(C)S(C)(=O)=O)cc1)CC(C)(C)O2. The summed E-state index contributed by atoms with van der Waals surface area (Å²) < 4.78 is 36.0. The molecule has 0 aromatic heterocycles. The van der Waals surface area contributed by atoms with Gasteiger partial charge in [-0.2, -0.15) is 0 Å². The molecule has 0 bridgehead atoms.